The van der Waals surface area contributed by atoms with Gasteiger partial charge in [0.15, 0.2) is 13.8 Å². The monoisotopic (exact) mass is 976 g/mol. The normalized spacial score (nSPS) is 39.6. The number of esters is 1. The molecular formula is C52H82NO14P. The number of Topliss-reactive ketones (excluding diaryl/α,β-unsaturated/α-hetero) is 3. The van der Waals surface area contributed by atoms with Gasteiger partial charge >= 0.3 is 5.97 Å². The van der Waals surface area contributed by atoms with E-state index in [4.69, 9.17) is 28.2 Å². The largest absolute Gasteiger partial charge is 0.460 e. The van der Waals surface area contributed by atoms with E-state index >= 15 is 0 Å². The maximum absolute atomic E-state index is 14.5. The third kappa shape index (κ3) is 15.4. The third-order valence-corrected chi connectivity index (χ3v) is 15.4. The van der Waals surface area contributed by atoms with Gasteiger partial charge in [-0.2, -0.15) is 0 Å². The fraction of sp³-hybridized carbons (Fsp3) is 0.750. The number of aliphatic hydroxyl groups excluding tert-OH is 1. The van der Waals surface area contributed by atoms with Gasteiger partial charge in [0.1, 0.15) is 30.1 Å². The summed E-state index contributed by atoms with van der Waals surface area (Å²) in [7, 11) is 2.35. The van der Waals surface area contributed by atoms with Crippen LogP contribution in [0.15, 0.2) is 47.6 Å². The molecule has 16 atom stereocenters. The number of rotatable bonds is 8. The molecule has 384 valence electrons. The molecule has 3 heterocycles. The zero-order valence-electron chi connectivity index (χ0n) is 42.5. The van der Waals surface area contributed by atoms with E-state index in [2.05, 4.69) is 0 Å². The van der Waals surface area contributed by atoms with Crippen LogP contribution in [0.1, 0.15) is 126 Å². The first kappa shape index (κ1) is 57.4. The van der Waals surface area contributed by atoms with E-state index in [9.17, 15) is 38.8 Å². The van der Waals surface area contributed by atoms with Crippen LogP contribution in [-0.4, -0.2) is 133 Å². The third-order valence-electron chi connectivity index (χ3n) is 14.8. The van der Waals surface area contributed by atoms with Gasteiger partial charge in [-0.05, 0) is 107 Å². The molecule has 2 unspecified atom stereocenters. The Morgan fingerprint density at radius 2 is 1.59 bits per heavy atom. The van der Waals surface area contributed by atoms with Crippen molar-refractivity contribution in [1.29, 1.82) is 0 Å². The van der Waals surface area contributed by atoms with Crippen molar-refractivity contribution in [1.82, 2.24) is 4.90 Å². The molecule has 2 saturated heterocycles. The van der Waals surface area contributed by atoms with Crippen molar-refractivity contribution in [2.24, 2.45) is 35.5 Å². The van der Waals surface area contributed by atoms with Gasteiger partial charge in [0.05, 0.1) is 24.4 Å². The van der Waals surface area contributed by atoms with Gasteiger partial charge in [-0.25, -0.2) is 4.79 Å². The second-order valence-electron chi connectivity index (χ2n) is 20.2. The molecule has 4 aliphatic rings. The maximum Gasteiger partial charge on any atom is 0.329 e. The number of cyclic esters (lactones) is 1. The summed E-state index contributed by atoms with van der Waals surface area (Å²) in [4.78, 5) is 72.1. The Morgan fingerprint density at radius 1 is 0.868 bits per heavy atom. The number of aliphatic hydroxyl groups is 2. The van der Waals surface area contributed by atoms with Crippen molar-refractivity contribution in [2.75, 3.05) is 34.5 Å². The molecule has 1 aliphatic carbocycles. The second-order valence-corrected chi connectivity index (χ2v) is 21.4. The summed E-state index contributed by atoms with van der Waals surface area (Å²) in [5, 5.41) is 23.4. The number of carbonyl (C=O) groups excluding carboxylic acids is 5. The highest BCUT2D eigenvalue weighted by Gasteiger charge is 2.53. The minimum absolute atomic E-state index is 0.0129. The Bertz CT molecular complexity index is 1880. The number of methoxy groups -OCH3 is 3. The summed E-state index contributed by atoms with van der Waals surface area (Å²) in [5.74, 6) is -8.08. The smallest absolute Gasteiger partial charge is 0.329 e. The van der Waals surface area contributed by atoms with Gasteiger partial charge in [-0.3, -0.25) is 23.7 Å². The number of fused-ring (bicyclic) bond motifs is 3. The van der Waals surface area contributed by atoms with Crippen LogP contribution in [0.4, 0.5) is 0 Å². The Hall–Kier alpha value is -3.14. The summed E-state index contributed by atoms with van der Waals surface area (Å²) in [6.45, 7) is 14.3. The van der Waals surface area contributed by atoms with Crippen molar-refractivity contribution in [3.8, 4) is 0 Å². The van der Waals surface area contributed by atoms with Crippen LogP contribution in [0.5, 0.6) is 0 Å². The molecule has 0 spiro atoms. The molecule has 4 rings (SSSR count). The number of carbonyl (C=O) groups is 5. The van der Waals surface area contributed by atoms with E-state index in [0.717, 1.165) is 12.0 Å². The topological polar surface area (TPSA) is 201 Å². The first-order valence-electron chi connectivity index (χ1n) is 24.8. The Kier molecular flexibility index (Phi) is 22.7. The van der Waals surface area contributed by atoms with E-state index in [-0.39, 0.29) is 60.9 Å². The van der Waals surface area contributed by atoms with Crippen LogP contribution < -0.4 is 0 Å². The van der Waals surface area contributed by atoms with Gasteiger partial charge in [0.25, 0.3) is 11.7 Å². The molecule has 0 aromatic heterocycles. The summed E-state index contributed by atoms with van der Waals surface area (Å²) in [5.41, 5.74) is 1.26. The quantitative estimate of drug-likeness (QED) is 0.106. The zero-order chi connectivity index (χ0) is 50.5. The molecule has 68 heavy (non-hydrogen) atoms. The molecule has 1 amide bonds. The lowest BCUT2D eigenvalue weighted by atomic mass is 9.78. The molecular weight excluding hydrogens is 894 g/mol. The summed E-state index contributed by atoms with van der Waals surface area (Å²) < 4.78 is 47.4. The predicted molar refractivity (Wildman–Crippen MR) is 259 cm³/mol. The first-order valence-corrected chi connectivity index (χ1v) is 26.6. The number of allylic oxidation sites excluding steroid dienone is 6. The highest BCUT2D eigenvalue weighted by Crippen LogP contribution is 2.39. The number of nitrogens with zero attached hydrogens (tertiary/aromatic N) is 1. The minimum atomic E-state index is -2.44. The van der Waals surface area contributed by atoms with Crippen LogP contribution in [0.3, 0.4) is 0 Å². The van der Waals surface area contributed by atoms with Crippen molar-refractivity contribution in [3.05, 3.63) is 47.6 Å². The van der Waals surface area contributed by atoms with E-state index in [1.54, 1.807) is 47.7 Å². The lowest BCUT2D eigenvalue weighted by Crippen LogP contribution is -2.61. The first-order chi connectivity index (χ1) is 32.1. The van der Waals surface area contributed by atoms with Crippen molar-refractivity contribution in [2.45, 2.75) is 180 Å². The van der Waals surface area contributed by atoms with Crippen LogP contribution >= 0.6 is 8.03 Å². The molecule has 1 saturated carbocycles. The standard InChI is InChI=1S/C52H82NO14P/c1-31-17-13-12-14-18-32(2)43(62-8)29-39-22-20-37(7)52(60,66-39)49(57)50(58)53-24-16-15-19-40(53)51(59)65-44(34(4)27-38-21-23-42(67-68(11)61)45(28-38)63-9)30-41(54)33(3)26-36(6)47(56)48(64-10)46(55)35(5)25-31/h12-14,17-18,26,31,33-35,37-40,42-45,47-48,56,60,68H,15-16,19-25,27-30H2,1-11H3/b14-12+,17-13+,32-18+,36-26+/t31-,33-,34-,35-,37-,38+,39+,40?,42+,43+,44+,45-,47-,48+,52-/m1/s1. The Morgan fingerprint density at radius 3 is 2.25 bits per heavy atom. The molecule has 2 N–H and O–H groups in total. The minimum Gasteiger partial charge on any atom is -0.460 e. The highest BCUT2D eigenvalue weighted by molar-refractivity contribution is 7.38. The van der Waals surface area contributed by atoms with Gasteiger partial charge in [-0.15, -0.1) is 0 Å². The van der Waals surface area contributed by atoms with Crippen LogP contribution in [0, 0.1) is 35.5 Å². The van der Waals surface area contributed by atoms with Gasteiger partial charge in [0.2, 0.25) is 5.79 Å². The number of ketones is 3. The SMILES string of the molecule is CO[C@H]1C[C@@H]2CC[C@@H](C)[C@@](O)(O2)C(=O)C(=O)N2CCCCC2C(=O)O[C@H]([C@H](C)C[C@@H]2CC[C@H](O[PH](C)=O)[C@H](OC)C2)CC(=O)[C@H](C)/C=C(\C)[C@@H](O)[C@@H](OC)C(=O)[C@H](C)C[C@H](C)/C=C/C=C/C=C/1C. The lowest BCUT2D eigenvalue weighted by molar-refractivity contribution is -0.265. The van der Waals surface area contributed by atoms with Crippen LogP contribution in [-0.2, 0) is 56.7 Å². The molecule has 0 radical (unpaired) electrons. The summed E-state index contributed by atoms with van der Waals surface area (Å²) in [6, 6.07) is -1.15. The van der Waals surface area contributed by atoms with Crippen molar-refractivity contribution in [3.63, 3.8) is 0 Å². The molecule has 3 aliphatic heterocycles. The fourth-order valence-electron chi connectivity index (χ4n) is 10.4. The zero-order valence-corrected chi connectivity index (χ0v) is 43.5. The number of hydrogen-bond acceptors (Lipinski definition) is 14. The second kappa shape index (κ2) is 26.9. The van der Waals surface area contributed by atoms with Gasteiger partial charge in [0, 0.05) is 65.1 Å². The van der Waals surface area contributed by atoms with Gasteiger partial charge in [-0.1, -0.05) is 71.1 Å². The average Bonchev–Trinajstić information content (AvgIpc) is 3.30. The van der Waals surface area contributed by atoms with E-state index in [0.29, 0.717) is 63.4 Å². The number of ether oxygens (including phenoxy) is 5. The van der Waals surface area contributed by atoms with Gasteiger partial charge < -0.3 is 43.3 Å². The molecule has 15 nitrogen and oxygen atoms in total. The molecule has 0 aromatic rings. The Balaban J connectivity index is 1.70. The van der Waals surface area contributed by atoms with E-state index in [1.165, 1.54) is 12.0 Å². The molecule has 0 aromatic carbocycles. The average molecular weight is 976 g/mol. The lowest BCUT2D eigenvalue weighted by Gasteiger charge is -2.42. The number of amides is 1. The fourth-order valence-corrected chi connectivity index (χ4v) is 11.1. The molecule has 16 heteroatoms. The van der Waals surface area contributed by atoms with Crippen LogP contribution in [0.25, 0.3) is 0 Å². The van der Waals surface area contributed by atoms with E-state index in [1.807, 2.05) is 58.1 Å². The van der Waals surface area contributed by atoms with Crippen LogP contribution in [0.2, 0.25) is 0 Å². The Labute approximate surface area is 405 Å². The maximum atomic E-state index is 14.5. The summed E-state index contributed by atoms with van der Waals surface area (Å²) >= 11 is 0. The van der Waals surface area contributed by atoms with E-state index < -0.39 is 85.8 Å². The number of hydrogen-bond donors (Lipinski definition) is 2. The van der Waals surface area contributed by atoms with Crippen molar-refractivity contribution < 1.29 is 67.0 Å². The highest BCUT2D eigenvalue weighted by atomic mass is 31.1. The molecule has 3 fully saturated rings. The number of piperidine rings is 1. The predicted octanol–water partition coefficient (Wildman–Crippen LogP) is 7.31. The summed E-state index contributed by atoms with van der Waals surface area (Å²) in [6.07, 6.45) is 11.5. The van der Waals surface area contributed by atoms with Crippen molar-refractivity contribution >= 4 is 37.3 Å². The molecule has 2 bridgehead atoms.